The predicted molar refractivity (Wildman–Crippen MR) is 93.9 cm³/mol. The Kier molecular flexibility index (Phi) is 6.95. The van der Waals surface area contributed by atoms with E-state index in [-0.39, 0.29) is 5.91 Å². The largest absolute Gasteiger partial charge is 0.481 e. The van der Waals surface area contributed by atoms with Crippen LogP contribution in [0.15, 0.2) is 54.6 Å². The number of ether oxygens (including phenoxy) is 1. The van der Waals surface area contributed by atoms with Crippen molar-refractivity contribution in [1.82, 2.24) is 5.32 Å². The summed E-state index contributed by atoms with van der Waals surface area (Å²) >= 11 is 5.93. The number of nitrogens with one attached hydrogen (secondary N) is 1. The molecule has 2 rings (SSSR count). The Balaban J connectivity index is 1.76. The summed E-state index contributed by atoms with van der Waals surface area (Å²) in [7, 11) is 0. The lowest BCUT2D eigenvalue weighted by Gasteiger charge is -2.17. The van der Waals surface area contributed by atoms with Crippen LogP contribution in [0.3, 0.4) is 0 Å². The Morgan fingerprint density at radius 1 is 1.17 bits per heavy atom. The number of hydrogen-bond donors (Lipinski definition) is 1. The van der Waals surface area contributed by atoms with Crippen molar-refractivity contribution in [2.75, 3.05) is 6.54 Å². The van der Waals surface area contributed by atoms with Crippen LogP contribution >= 0.6 is 11.6 Å². The molecule has 0 spiro atoms. The van der Waals surface area contributed by atoms with Crippen LogP contribution in [0.25, 0.3) is 0 Å². The van der Waals surface area contributed by atoms with Gasteiger partial charge in [0.2, 0.25) is 0 Å². The fourth-order valence-electron chi connectivity index (χ4n) is 2.29. The summed E-state index contributed by atoms with van der Waals surface area (Å²) in [6.07, 6.45) is 1.97. The van der Waals surface area contributed by atoms with Gasteiger partial charge in [0.05, 0.1) is 0 Å². The Bertz CT molecular complexity index is 616. The zero-order chi connectivity index (χ0) is 16.5. The van der Waals surface area contributed by atoms with E-state index in [0.29, 0.717) is 23.7 Å². The highest BCUT2D eigenvalue weighted by Crippen LogP contribution is 2.19. The molecule has 23 heavy (non-hydrogen) atoms. The molecule has 4 heteroatoms. The normalized spacial score (nSPS) is 11.7. The van der Waals surface area contributed by atoms with Crippen molar-refractivity contribution in [1.29, 1.82) is 0 Å². The van der Waals surface area contributed by atoms with Gasteiger partial charge in [-0.1, -0.05) is 54.9 Å². The third-order valence-electron chi connectivity index (χ3n) is 3.52. The van der Waals surface area contributed by atoms with Gasteiger partial charge < -0.3 is 10.1 Å². The SMILES string of the molecule is CC[C@H](Oc1cccc(Cl)c1)C(=O)NCCCc1ccccc1. The maximum Gasteiger partial charge on any atom is 0.261 e. The topological polar surface area (TPSA) is 38.3 Å². The molecule has 0 unspecified atom stereocenters. The molecule has 0 heterocycles. The molecule has 0 fully saturated rings. The molecule has 0 aliphatic carbocycles. The molecule has 0 aliphatic rings. The highest BCUT2D eigenvalue weighted by molar-refractivity contribution is 6.30. The summed E-state index contributed by atoms with van der Waals surface area (Å²) in [5, 5.41) is 3.54. The van der Waals surface area contributed by atoms with Crippen molar-refractivity contribution < 1.29 is 9.53 Å². The molecule has 1 atom stereocenters. The fraction of sp³-hybridized carbons (Fsp3) is 0.316. The molecule has 0 aliphatic heterocycles. The zero-order valence-corrected chi connectivity index (χ0v) is 14.1. The first-order valence-electron chi connectivity index (χ1n) is 7.93. The smallest absolute Gasteiger partial charge is 0.261 e. The summed E-state index contributed by atoms with van der Waals surface area (Å²) in [5.74, 6) is 0.532. The van der Waals surface area contributed by atoms with Gasteiger partial charge in [-0.15, -0.1) is 0 Å². The number of halogens is 1. The van der Waals surface area contributed by atoms with Crippen molar-refractivity contribution in [3.05, 3.63) is 65.2 Å². The first-order chi connectivity index (χ1) is 11.2. The predicted octanol–water partition coefficient (Wildman–Crippen LogP) is 4.25. The summed E-state index contributed by atoms with van der Waals surface area (Å²) < 4.78 is 5.73. The zero-order valence-electron chi connectivity index (χ0n) is 13.3. The van der Waals surface area contributed by atoms with Crippen LogP contribution in [0.5, 0.6) is 5.75 Å². The van der Waals surface area contributed by atoms with Gasteiger partial charge in [0, 0.05) is 11.6 Å². The Morgan fingerprint density at radius 2 is 1.96 bits per heavy atom. The quantitative estimate of drug-likeness (QED) is 0.734. The minimum Gasteiger partial charge on any atom is -0.481 e. The molecule has 0 bridgehead atoms. The maximum absolute atomic E-state index is 12.2. The van der Waals surface area contributed by atoms with E-state index in [1.54, 1.807) is 18.2 Å². The molecule has 0 saturated heterocycles. The summed E-state index contributed by atoms with van der Waals surface area (Å²) in [4.78, 5) is 12.2. The van der Waals surface area contributed by atoms with E-state index in [2.05, 4.69) is 17.4 Å². The highest BCUT2D eigenvalue weighted by atomic mass is 35.5. The van der Waals surface area contributed by atoms with Gasteiger partial charge in [-0.25, -0.2) is 0 Å². The number of hydrogen-bond acceptors (Lipinski definition) is 2. The number of benzene rings is 2. The molecule has 0 saturated carbocycles. The maximum atomic E-state index is 12.2. The van der Waals surface area contributed by atoms with Crippen LogP contribution in [-0.4, -0.2) is 18.6 Å². The van der Waals surface area contributed by atoms with Gasteiger partial charge in [-0.05, 0) is 43.0 Å². The first kappa shape index (κ1) is 17.4. The van der Waals surface area contributed by atoms with E-state index >= 15 is 0 Å². The monoisotopic (exact) mass is 331 g/mol. The van der Waals surface area contributed by atoms with Gasteiger partial charge in [-0.3, -0.25) is 4.79 Å². The van der Waals surface area contributed by atoms with Crippen molar-refractivity contribution >= 4 is 17.5 Å². The third kappa shape index (κ3) is 5.95. The molecule has 3 nitrogen and oxygen atoms in total. The van der Waals surface area contributed by atoms with E-state index in [9.17, 15) is 4.79 Å². The molecule has 1 amide bonds. The van der Waals surface area contributed by atoms with E-state index in [4.69, 9.17) is 16.3 Å². The van der Waals surface area contributed by atoms with Crippen molar-refractivity contribution in [3.8, 4) is 5.75 Å². The lowest BCUT2D eigenvalue weighted by Crippen LogP contribution is -2.38. The molecular weight excluding hydrogens is 310 g/mol. The Labute approximate surface area is 142 Å². The standard InChI is InChI=1S/C19H22ClNO2/c1-2-18(23-17-12-6-11-16(20)14-17)19(22)21-13-7-10-15-8-4-3-5-9-15/h3-6,8-9,11-12,14,18H,2,7,10,13H2,1H3,(H,21,22)/t18-/m0/s1. The van der Waals surface area contributed by atoms with Crippen LogP contribution in [0.4, 0.5) is 0 Å². The first-order valence-corrected chi connectivity index (χ1v) is 8.30. The van der Waals surface area contributed by atoms with Crippen LogP contribution in [0.2, 0.25) is 5.02 Å². The van der Waals surface area contributed by atoms with Crippen molar-refractivity contribution in [2.24, 2.45) is 0 Å². The molecule has 1 N–H and O–H groups in total. The van der Waals surface area contributed by atoms with Gasteiger partial charge in [0.25, 0.3) is 5.91 Å². The summed E-state index contributed by atoms with van der Waals surface area (Å²) in [5.41, 5.74) is 1.28. The molecule has 122 valence electrons. The summed E-state index contributed by atoms with van der Waals surface area (Å²) in [6.45, 7) is 2.57. The van der Waals surface area contributed by atoms with E-state index in [1.165, 1.54) is 5.56 Å². The lowest BCUT2D eigenvalue weighted by molar-refractivity contribution is -0.128. The number of carbonyl (C=O) groups is 1. The van der Waals surface area contributed by atoms with Gasteiger partial charge in [-0.2, -0.15) is 0 Å². The minimum absolute atomic E-state index is 0.0828. The molecule has 0 radical (unpaired) electrons. The third-order valence-corrected chi connectivity index (χ3v) is 3.76. The number of amides is 1. The van der Waals surface area contributed by atoms with E-state index < -0.39 is 6.10 Å². The van der Waals surface area contributed by atoms with E-state index in [0.717, 1.165) is 12.8 Å². The second-order valence-electron chi connectivity index (χ2n) is 5.35. The molecule has 2 aromatic rings. The minimum atomic E-state index is -0.495. The Hall–Kier alpha value is -2.00. The molecule has 2 aromatic carbocycles. The average molecular weight is 332 g/mol. The second kappa shape index (κ2) is 9.21. The molecule has 0 aromatic heterocycles. The van der Waals surface area contributed by atoms with Crippen molar-refractivity contribution in [2.45, 2.75) is 32.3 Å². The van der Waals surface area contributed by atoms with Gasteiger partial charge in [0.15, 0.2) is 6.10 Å². The molecular formula is C19H22ClNO2. The average Bonchev–Trinajstić information content (AvgIpc) is 2.57. The van der Waals surface area contributed by atoms with Crippen LogP contribution in [-0.2, 0) is 11.2 Å². The van der Waals surface area contributed by atoms with Gasteiger partial charge in [0.1, 0.15) is 5.75 Å². The van der Waals surface area contributed by atoms with Gasteiger partial charge >= 0.3 is 0 Å². The van der Waals surface area contributed by atoms with Crippen molar-refractivity contribution in [3.63, 3.8) is 0 Å². The number of carbonyl (C=O) groups excluding carboxylic acids is 1. The second-order valence-corrected chi connectivity index (χ2v) is 5.79. The van der Waals surface area contributed by atoms with Crippen LogP contribution in [0, 0.1) is 0 Å². The summed E-state index contributed by atoms with van der Waals surface area (Å²) in [6, 6.07) is 17.4. The fourth-order valence-corrected chi connectivity index (χ4v) is 2.47. The number of rotatable bonds is 8. The van der Waals surface area contributed by atoms with Crippen LogP contribution < -0.4 is 10.1 Å². The van der Waals surface area contributed by atoms with E-state index in [1.807, 2.05) is 31.2 Å². The highest BCUT2D eigenvalue weighted by Gasteiger charge is 2.17. The number of aryl methyl sites for hydroxylation is 1. The lowest BCUT2D eigenvalue weighted by atomic mass is 10.1. The van der Waals surface area contributed by atoms with Crippen LogP contribution in [0.1, 0.15) is 25.3 Å². The Morgan fingerprint density at radius 3 is 2.65 bits per heavy atom.